The molecule has 0 fully saturated rings. The molecule has 0 saturated heterocycles. The van der Waals surface area contributed by atoms with Gasteiger partial charge in [0.25, 0.3) is 0 Å². The van der Waals surface area contributed by atoms with Crippen LogP contribution in [-0.4, -0.2) is 12.8 Å². The van der Waals surface area contributed by atoms with Gasteiger partial charge < -0.3 is 4.74 Å². The third-order valence-corrected chi connectivity index (χ3v) is 3.47. The fourth-order valence-corrected chi connectivity index (χ4v) is 2.20. The molecule has 0 aliphatic carbocycles. The molecule has 110 valence electrons. The second-order valence-electron chi connectivity index (χ2n) is 4.73. The minimum absolute atomic E-state index is 0.593. The number of hydrogen-bond acceptors (Lipinski definition) is 2. The van der Waals surface area contributed by atoms with Crippen LogP contribution in [0.3, 0.4) is 0 Å². The summed E-state index contributed by atoms with van der Waals surface area (Å²) in [6.07, 6.45) is 2.72. The summed E-state index contributed by atoms with van der Waals surface area (Å²) in [6.45, 7) is 4.72. The summed E-state index contributed by atoms with van der Waals surface area (Å²) in [6, 6.07) is 11.3. The normalized spacial score (nSPS) is 11.0. The van der Waals surface area contributed by atoms with Crippen LogP contribution in [0, 0.1) is 6.92 Å². The van der Waals surface area contributed by atoms with Crippen molar-refractivity contribution in [1.82, 2.24) is 0 Å². The molecular weight excluding hydrogens is 305 g/mol. The first-order valence-corrected chi connectivity index (χ1v) is 7.58. The molecule has 2 aromatic carbocycles. The van der Waals surface area contributed by atoms with Crippen molar-refractivity contribution in [2.24, 2.45) is 4.99 Å². The molecule has 0 saturated carbocycles. The number of benzene rings is 2. The highest BCUT2D eigenvalue weighted by atomic mass is 35.5. The van der Waals surface area contributed by atoms with Crippen molar-refractivity contribution < 1.29 is 4.74 Å². The standard InChI is InChI=1S/C17H17Cl2NO/c1-3-8-21-17-7-5-13(9-15(17)19)11-20-16-10-14(18)6-4-12(16)2/h4-7,9-11H,3,8H2,1-2H3. The summed E-state index contributed by atoms with van der Waals surface area (Å²) >= 11 is 12.2. The fourth-order valence-electron chi connectivity index (χ4n) is 1.79. The Labute approximate surface area is 135 Å². The van der Waals surface area contributed by atoms with E-state index < -0.39 is 0 Å². The van der Waals surface area contributed by atoms with Crippen LogP contribution in [0.1, 0.15) is 24.5 Å². The largest absolute Gasteiger partial charge is 0.492 e. The maximum absolute atomic E-state index is 6.20. The summed E-state index contributed by atoms with van der Waals surface area (Å²) in [5.41, 5.74) is 2.85. The molecule has 21 heavy (non-hydrogen) atoms. The Morgan fingerprint density at radius 2 is 1.95 bits per heavy atom. The van der Waals surface area contributed by atoms with E-state index in [1.54, 1.807) is 6.21 Å². The average molecular weight is 322 g/mol. The zero-order valence-electron chi connectivity index (χ0n) is 12.1. The molecule has 2 aromatic rings. The number of aryl methyl sites for hydroxylation is 1. The Hall–Kier alpha value is -1.51. The Morgan fingerprint density at radius 1 is 1.14 bits per heavy atom. The number of aliphatic imine (C=N–C) groups is 1. The van der Waals surface area contributed by atoms with Crippen molar-refractivity contribution in [3.05, 3.63) is 57.6 Å². The first kappa shape index (κ1) is 15.9. The van der Waals surface area contributed by atoms with Crippen molar-refractivity contribution in [3.8, 4) is 5.75 Å². The maximum atomic E-state index is 6.20. The third kappa shape index (κ3) is 4.48. The molecule has 0 aromatic heterocycles. The first-order chi connectivity index (χ1) is 10.1. The van der Waals surface area contributed by atoms with Gasteiger partial charge in [0.15, 0.2) is 0 Å². The van der Waals surface area contributed by atoms with E-state index in [-0.39, 0.29) is 0 Å². The smallest absolute Gasteiger partial charge is 0.137 e. The molecule has 2 rings (SSSR count). The van der Waals surface area contributed by atoms with E-state index in [1.165, 1.54) is 0 Å². The van der Waals surface area contributed by atoms with Gasteiger partial charge in [0.1, 0.15) is 5.75 Å². The van der Waals surface area contributed by atoms with Crippen molar-refractivity contribution in [1.29, 1.82) is 0 Å². The van der Waals surface area contributed by atoms with Crippen LogP contribution in [0.15, 0.2) is 41.4 Å². The summed E-state index contributed by atoms with van der Waals surface area (Å²) < 4.78 is 5.54. The molecule has 0 spiro atoms. The van der Waals surface area contributed by atoms with Gasteiger partial charge in [0.05, 0.1) is 17.3 Å². The Balaban J connectivity index is 2.17. The number of ether oxygens (including phenoxy) is 1. The lowest BCUT2D eigenvalue weighted by Crippen LogP contribution is -1.96. The van der Waals surface area contributed by atoms with Gasteiger partial charge in [0.2, 0.25) is 0 Å². The van der Waals surface area contributed by atoms with Crippen molar-refractivity contribution >= 4 is 35.1 Å². The van der Waals surface area contributed by atoms with E-state index in [9.17, 15) is 0 Å². The predicted molar refractivity (Wildman–Crippen MR) is 90.7 cm³/mol. The van der Waals surface area contributed by atoms with Gasteiger partial charge in [0, 0.05) is 11.2 Å². The molecule has 4 heteroatoms. The number of nitrogens with zero attached hydrogens (tertiary/aromatic N) is 1. The first-order valence-electron chi connectivity index (χ1n) is 6.82. The molecule has 0 radical (unpaired) electrons. The monoisotopic (exact) mass is 321 g/mol. The van der Waals surface area contributed by atoms with Crippen LogP contribution in [0.25, 0.3) is 0 Å². The molecule has 2 nitrogen and oxygen atoms in total. The molecule has 0 heterocycles. The highest BCUT2D eigenvalue weighted by Gasteiger charge is 2.02. The highest BCUT2D eigenvalue weighted by molar-refractivity contribution is 6.32. The molecule has 0 bridgehead atoms. The zero-order chi connectivity index (χ0) is 15.2. The van der Waals surface area contributed by atoms with Gasteiger partial charge >= 0.3 is 0 Å². The van der Waals surface area contributed by atoms with Crippen molar-refractivity contribution in [2.75, 3.05) is 6.61 Å². The van der Waals surface area contributed by atoms with Crippen LogP contribution >= 0.6 is 23.2 Å². The quantitative estimate of drug-likeness (QED) is 0.634. The van der Waals surface area contributed by atoms with Crippen LogP contribution in [-0.2, 0) is 0 Å². The van der Waals surface area contributed by atoms with E-state index in [4.69, 9.17) is 27.9 Å². The van der Waals surface area contributed by atoms with Crippen LogP contribution in [0.4, 0.5) is 5.69 Å². The lowest BCUT2D eigenvalue weighted by Gasteiger charge is -2.07. The summed E-state index contributed by atoms with van der Waals surface area (Å²) in [5.74, 6) is 0.703. The second kappa shape index (κ2) is 7.48. The zero-order valence-corrected chi connectivity index (χ0v) is 13.6. The van der Waals surface area contributed by atoms with E-state index in [0.29, 0.717) is 22.4 Å². The van der Waals surface area contributed by atoms with Crippen LogP contribution < -0.4 is 4.74 Å². The highest BCUT2D eigenvalue weighted by Crippen LogP contribution is 2.26. The Morgan fingerprint density at radius 3 is 2.67 bits per heavy atom. The van der Waals surface area contributed by atoms with Gasteiger partial charge in [-0.1, -0.05) is 36.2 Å². The van der Waals surface area contributed by atoms with Gasteiger partial charge in [-0.25, -0.2) is 0 Å². The van der Waals surface area contributed by atoms with E-state index in [0.717, 1.165) is 23.2 Å². The van der Waals surface area contributed by atoms with E-state index in [2.05, 4.69) is 11.9 Å². The van der Waals surface area contributed by atoms with Gasteiger partial charge in [-0.2, -0.15) is 0 Å². The maximum Gasteiger partial charge on any atom is 0.137 e. The molecule has 0 amide bonds. The Kier molecular flexibility index (Phi) is 5.66. The predicted octanol–water partition coefficient (Wildman–Crippen LogP) is 5.84. The molecule has 0 aliphatic rings. The summed E-state index contributed by atoms with van der Waals surface area (Å²) in [5, 5.41) is 1.27. The van der Waals surface area contributed by atoms with Gasteiger partial charge in [-0.05, 0) is 54.8 Å². The number of hydrogen-bond donors (Lipinski definition) is 0. The molecule has 0 aliphatic heterocycles. The number of rotatable bonds is 5. The summed E-state index contributed by atoms with van der Waals surface area (Å²) in [7, 11) is 0. The lowest BCUT2D eigenvalue weighted by atomic mass is 10.2. The van der Waals surface area contributed by atoms with Crippen molar-refractivity contribution in [3.63, 3.8) is 0 Å². The third-order valence-electron chi connectivity index (χ3n) is 2.94. The van der Waals surface area contributed by atoms with Gasteiger partial charge in [-0.15, -0.1) is 0 Å². The molecule has 0 atom stereocenters. The minimum atomic E-state index is 0.593. The lowest BCUT2D eigenvalue weighted by molar-refractivity contribution is 0.317. The summed E-state index contributed by atoms with van der Waals surface area (Å²) in [4.78, 5) is 4.46. The average Bonchev–Trinajstić information content (AvgIpc) is 2.47. The fraction of sp³-hybridized carbons (Fsp3) is 0.235. The van der Waals surface area contributed by atoms with E-state index >= 15 is 0 Å². The molecular formula is C17H17Cl2NO. The molecule has 0 unspecified atom stereocenters. The SMILES string of the molecule is CCCOc1ccc(C=Nc2cc(Cl)ccc2C)cc1Cl. The van der Waals surface area contributed by atoms with Gasteiger partial charge in [-0.3, -0.25) is 4.99 Å². The van der Waals surface area contributed by atoms with Crippen LogP contribution in [0.5, 0.6) is 5.75 Å². The number of halogens is 2. The van der Waals surface area contributed by atoms with E-state index in [1.807, 2.05) is 43.3 Å². The topological polar surface area (TPSA) is 21.6 Å². The van der Waals surface area contributed by atoms with Crippen molar-refractivity contribution in [2.45, 2.75) is 20.3 Å². The minimum Gasteiger partial charge on any atom is -0.492 e. The molecule has 0 N–H and O–H groups in total. The Bertz CT molecular complexity index is 653. The van der Waals surface area contributed by atoms with Crippen LogP contribution in [0.2, 0.25) is 10.0 Å². The second-order valence-corrected chi connectivity index (χ2v) is 5.57.